The Hall–Kier alpha value is -3.91. The van der Waals surface area contributed by atoms with Crippen molar-refractivity contribution in [1.82, 2.24) is 20.9 Å². The SMILES string of the molecule is CCNC(=O)[C@]1(Cc2ccccc2)CCCN(C(=O)[C@@H](Cc2ccc3ccccc3c2)NC(=O)NCCCCN)C1. The molecular formula is C33H43N5O3. The van der Waals surface area contributed by atoms with E-state index < -0.39 is 11.5 Å². The highest BCUT2D eigenvalue weighted by Crippen LogP contribution is 2.35. The van der Waals surface area contributed by atoms with Crippen LogP contribution in [-0.2, 0) is 22.4 Å². The van der Waals surface area contributed by atoms with E-state index in [0.717, 1.165) is 34.7 Å². The van der Waals surface area contributed by atoms with Gasteiger partial charge < -0.3 is 26.6 Å². The van der Waals surface area contributed by atoms with Gasteiger partial charge in [-0.2, -0.15) is 0 Å². The Bertz CT molecular complexity index is 1310. The van der Waals surface area contributed by atoms with Crippen LogP contribution in [0.4, 0.5) is 4.79 Å². The summed E-state index contributed by atoms with van der Waals surface area (Å²) in [7, 11) is 0. The summed E-state index contributed by atoms with van der Waals surface area (Å²) in [6, 6.07) is 23.0. The van der Waals surface area contributed by atoms with Crippen molar-refractivity contribution in [2.75, 3.05) is 32.7 Å². The van der Waals surface area contributed by atoms with E-state index in [2.05, 4.69) is 28.1 Å². The van der Waals surface area contributed by atoms with E-state index in [1.165, 1.54) is 0 Å². The number of rotatable bonds is 12. The number of carbonyl (C=O) groups excluding carboxylic acids is 3. The number of amides is 4. The normalized spacial score (nSPS) is 17.6. The first-order chi connectivity index (χ1) is 19.9. The quantitative estimate of drug-likeness (QED) is 0.254. The minimum atomic E-state index is -0.771. The number of fused-ring (bicyclic) bond motifs is 1. The second kappa shape index (κ2) is 14.6. The Morgan fingerprint density at radius 2 is 1.68 bits per heavy atom. The molecule has 0 aliphatic carbocycles. The van der Waals surface area contributed by atoms with E-state index in [-0.39, 0.29) is 17.8 Å². The molecule has 2 atom stereocenters. The van der Waals surface area contributed by atoms with E-state index in [4.69, 9.17) is 5.73 Å². The predicted octanol–water partition coefficient (Wildman–Crippen LogP) is 3.78. The van der Waals surface area contributed by atoms with E-state index in [0.29, 0.717) is 58.4 Å². The average Bonchev–Trinajstić information content (AvgIpc) is 2.99. The molecule has 5 N–H and O–H groups in total. The number of nitrogens with two attached hydrogens (primary N) is 1. The lowest BCUT2D eigenvalue weighted by molar-refractivity contribution is -0.142. The number of urea groups is 1. The number of carbonyl (C=O) groups is 3. The van der Waals surface area contributed by atoms with Gasteiger partial charge in [-0.25, -0.2) is 4.79 Å². The van der Waals surface area contributed by atoms with Crippen LogP contribution in [0, 0.1) is 5.41 Å². The van der Waals surface area contributed by atoms with Crippen LogP contribution in [0.1, 0.15) is 43.7 Å². The molecule has 0 spiro atoms. The number of nitrogens with one attached hydrogen (secondary N) is 3. The van der Waals surface area contributed by atoms with Crippen molar-refractivity contribution < 1.29 is 14.4 Å². The van der Waals surface area contributed by atoms with Crippen molar-refractivity contribution in [2.24, 2.45) is 11.1 Å². The number of hydrogen-bond acceptors (Lipinski definition) is 4. The van der Waals surface area contributed by atoms with Crippen molar-refractivity contribution >= 4 is 28.6 Å². The van der Waals surface area contributed by atoms with Crippen LogP contribution in [0.3, 0.4) is 0 Å². The van der Waals surface area contributed by atoms with Crippen LogP contribution in [0.2, 0.25) is 0 Å². The Kier molecular flexibility index (Phi) is 10.7. The molecule has 0 unspecified atom stereocenters. The van der Waals surface area contributed by atoms with E-state index in [1.807, 2.05) is 67.6 Å². The second-order valence-electron chi connectivity index (χ2n) is 11.0. The van der Waals surface area contributed by atoms with Crippen molar-refractivity contribution in [2.45, 2.75) is 51.5 Å². The van der Waals surface area contributed by atoms with Crippen LogP contribution in [0.15, 0.2) is 72.8 Å². The molecule has 0 radical (unpaired) electrons. The highest BCUT2D eigenvalue weighted by atomic mass is 16.2. The molecule has 4 rings (SSSR count). The zero-order valence-corrected chi connectivity index (χ0v) is 24.0. The van der Waals surface area contributed by atoms with Gasteiger partial charge in [-0.1, -0.05) is 72.8 Å². The molecule has 218 valence electrons. The van der Waals surface area contributed by atoms with Crippen molar-refractivity contribution in [1.29, 1.82) is 0 Å². The van der Waals surface area contributed by atoms with E-state index in [1.54, 1.807) is 4.90 Å². The third-order valence-corrected chi connectivity index (χ3v) is 7.87. The molecule has 3 aromatic rings. The Morgan fingerprint density at radius 1 is 0.927 bits per heavy atom. The molecule has 3 aromatic carbocycles. The first kappa shape index (κ1) is 30.1. The molecule has 0 bridgehead atoms. The number of hydrogen-bond donors (Lipinski definition) is 4. The maximum Gasteiger partial charge on any atom is 0.315 e. The number of benzene rings is 3. The fourth-order valence-electron chi connectivity index (χ4n) is 5.77. The summed E-state index contributed by atoms with van der Waals surface area (Å²) >= 11 is 0. The molecule has 8 nitrogen and oxygen atoms in total. The van der Waals surface area contributed by atoms with Gasteiger partial charge in [0.05, 0.1) is 5.41 Å². The predicted molar refractivity (Wildman–Crippen MR) is 163 cm³/mol. The maximum atomic E-state index is 14.1. The second-order valence-corrected chi connectivity index (χ2v) is 11.0. The minimum absolute atomic E-state index is 0.0296. The largest absolute Gasteiger partial charge is 0.356 e. The number of unbranched alkanes of at least 4 members (excludes halogenated alkanes) is 1. The van der Waals surface area contributed by atoms with Gasteiger partial charge in [0.15, 0.2) is 0 Å². The highest BCUT2D eigenvalue weighted by molar-refractivity contribution is 5.89. The molecule has 4 amide bonds. The number of likely N-dealkylation sites (tertiary alicyclic amines) is 1. The van der Waals surface area contributed by atoms with Gasteiger partial charge in [-0.15, -0.1) is 0 Å². The Balaban J connectivity index is 1.57. The minimum Gasteiger partial charge on any atom is -0.356 e. The fourth-order valence-corrected chi connectivity index (χ4v) is 5.77. The smallest absolute Gasteiger partial charge is 0.315 e. The summed E-state index contributed by atoms with van der Waals surface area (Å²) in [4.78, 5) is 42.3. The molecule has 0 saturated carbocycles. The molecule has 0 aromatic heterocycles. The van der Waals surface area contributed by atoms with Crippen LogP contribution in [0.5, 0.6) is 0 Å². The monoisotopic (exact) mass is 557 g/mol. The standard InChI is InChI=1S/C33H43N5O3/c1-2-35-31(40)33(23-25-11-4-3-5-12-25)17-10-20-38(24-33)30(39)29(37-32(41)36-19-9-8-18-34)22-26-15-16-27-13-6-7-14-28(27)21-26/h3-7,11-16,21,29H,2,8-10,17-20,22-24,34H2,1H3,(H,35,40)(H2,36,37,41)/t29-,33+/m1/s1. The fraction of sp³-hybridized carbons (Fsp3) is 0.424. The summed E-state index contributed by atoms with van der Waals surface area (Å²) < 4.78 is 0. The number of nitrogens with zero attached hydrogens (tertiary/aromatic N) is 1. The topological polar surface area (TPSA) is 117 Å². The van der Waals surface area contributed by atoms with Crippen LogP contribution < -0.4 is 21.7 Å². The van der Waals surface area contributed by atoms with E-state index in [9.17, 15) is 14.4 Å². The van der Waals surface area contributed by atoms with Crippen molar-refractivity contribution in [3.05, 3.63) is 83.9 Å². The van der Waals surface area contributed by atoms with E-state index >= 15 is 0 Å². The summed E-state index contributed by atoms with van der Waals surface area (Å²) in [5.41, 5.74) is 6.87. The zero-order valence-electron chi connectivity index (χ0n) is 24.0. The van der Waals surface area contributed by atoms with Gasteiger partial charge in [0.2, 0.25) is 11.8 Å². The molecule has 1 aliphatic heterocycles. The zero-order chi connectivity index (χ0) is 29.1. The summed E-state index contributed by atoms with van der Waals surface area (Å²) in [5, 5.41) is 11.0. The first-order valence-electron chi connectivity index (χ1n) is 14.8. The Labute approximate surface area is 243 Å². The lowest BCUT2D eigenvalue weighted by Gasteiger charge is -2.43. The molecular weight excluding hydrogens is 514 g/mol. The molecule has 1 heterocycles. The van der Waals surface area contributed by atoms with Crippen LogP contribution in [0.25, 0.3) is 10.8 Å². The van der Waals surface area contributed by atoms with Gasteiger partial charge in [0.25, 0.3) is 0 Å². The molecule has 41 heavy (non-hydrogen) atoms. The molecule has 1 saturated heterocycles. The summed E-state index contributed by atoms with van der Waals surface area (Å²) in [5.74, 6) is -0.199. The third kappa shape index (κ3) is 8.07. The first-order valence-corrected chi connectivity index (χ1v) is 14.8. The maximum absolute atomic E-state index is 14.1. The third-order valence-electron chi connectivity index (χ3n) is 7.87. The lowest BCUT2D eigenvalue weighted by Crippen LogP contribution is -2.59. The summed E-state index contributed by atoms with van der Waals surface area (Å²) in [6.45, 7) is 4.34. The molecule has 1 fully saturated rings. The van der Waals surface area contributed by atoms with Gasteiger partial charge in [0, 0.05) is 32.6 Å². The average molecular weight is 558 g/mol. The van der Waals surface area contributed by atoms with Crippen LogP contribution in [-0.4, -0.2) is 61.5 Å². The van der Waals surface area contributed by atoms with Crippen LogP contribution >= 0.6 is 0 Å². The van der Waals surface area contributed by atoms with Gasteiger partial charge in [-0.05, 0) is 67.5 Å². The number of piperidine rings is 1. The highest BCUT2D eigenvalue weighted by Gasteiger charge is 2.44. The molecule has 8 heteroatoms. The Morgan fingerprint density at radius 3 is 2.44 bits per heavy atom. The van der Waals surface area contributed by atoms with Gasteiger partial charge >= 0.3 is 6.03 Å². The van der Waals surface area contributed by atoms with Gasteiger partial charge in [0.1, 0.15) is 6.04 Å². The van der Waals surface area contributed by atoms with Crippen molar-refractivity contribution in [3.8, 4) is 0 Å². The van der Waals surface area contributed by atoms with Crippen molar-refractivity contribution in [3.63, 3.8) is 0 Å². The van der Waals surface area contributed by atoms with Gasteiger partial charge in [-0.3, -0.25) is 9.59 Å². The lowest BCUT2D eigenvalue weighted by atomic mass is 9.74. The molecule has 1 aliphatic rings. The summed E-state index contributed by atoms with van der Waals surface area (Å²) in [6.07, 6.45) is 3.90.